The quantitative estimate of drug-likeness (QED) is 0.834. The molecule has 3 heteroatoms. The average Bonchev–Trinajstić information content (AvgIpc) is 2.33. The number of rotatable bonds is 4. The zero-order chi connectivity index (χ0) is 14.1. The summed E-state index contributed by atoms with van der Waals surface area (Å²) in [6.07, 6.45) is 0. The van der Waals surface area contributed by atoms with Gasteiger partial charge in [-0.2, -0.15) is 0 Å². The largest absolute Gasteiger partial charge is 0.496 e. The normalized spacial score (nSPS) is 11.5. The maximum absolute atomic E-state index is 12.5. The van der Waals surface area contributed by atoms with Crippen molar-refractivity contribution >= 4 is 5.78 Å². The molecular formula is C15H23NO2. The van der Waals surface area contributed by atoms with Crippen molar-refractivity contribution in [3.8, 4) is 5.75 Å². The molecule has 0 unspecified atom stereocenters. The Balaban J connectivity index is 3.41. The summed E-state index contributed by atoms with van der Waals surface area (Å²) in [5, 5.41) is 3.05. The fourth-order valence-corrected chi connectivity index (χ4v) is 2.06. The minimum atomic E-state index is -0.557. The van der Waals surface area contributed by atoms with Gasteiger partial charge >= 0.3 is 0 Å². The fraction of sp³-hybridized carbons (Fsp3) is 0.533. The van der Waals surface area contributed by atoms with Gasteiger partial charge in [-0.3, -0.25) is 4.79 Å². The van der Waals surface area contributed by atoms with Crippen LogP contribution in [0.5, 0.6) is 5.75 Å². The Labute approximate surface area is 110 Å². The van der Waals surface area contributed by atoms with E-state index in [2.05, 4.69) is 5.32 Å². The highest BCUT2D eigenvalue weighted by Crippen LogP contribution is 2.30. The molecule has 1 N–H and O–H groups in total. The van der Waals surface area contributed by atoms with Crippen LogP contribution in [0.4, 0.5) is 0 Å². The molecule has 1 aromatic carbocycles. The van der Waals surface area contributed by atoms with Crippen LogP contribution in [0.1, 0.15) is 40.9 Å². The van der Waals surface area contributed by atoms with Crippen molar-refractivity contribution in [3.05, 3.63) is 28.3 Å². The monoisotopic (exact) mass is 249 g/mol. The van der Waals surface area contributed by atoms with Gasteiger partial charge in [0, 0.05) is 5.56 Å². The van der Waals surface area contributed by atoms with Gasteiger partial charge in [0.2, 0.25) is 0 Å². The van der Waals surface area contributed by atoms with E-state index in [4.69, 9.17) is 4.74 Å². The van der Waals surface area contributed by atoms with E-state index < -0.39 is 5.54 Å². The predicted molar refractivity (Wildman–Crippen MR) is 74.7 cm³/mol. The molecule has 0 saturated carbocycles. The summed E-state index contributed by atoms with van der Waals surface area (Å²) >= 11 is 0. The van der Waals surface area contributed by atoms with Crippen LogP contribution in [0.15, 0.2) is 6.07 Å². The van der Waals surface area contributed by atoms with Crippen LogP contribution < -0.4 is 10.1 Å². The number of Topliss-reactive ketones (excluding diaryl/α,β-unsaturated/α-hetero) is 1. The SMILES string of the molecule is CNC(C)(C)C(=O)c1cc(C)c(OC)c(C)c1C. The lowest BCUT2D eigenvalue weighted by molar-refractivity contribution is 0.0888. The first-order chi connectivity index (χ1) is 8.26. The van der Waals surface area contributed by atoms with E-state index in [9.17, 15) is 4.79 Å². The summed E-state index contributed by atoms with van der Waals surface area (Å²) in [5.74, 6) is 0.975. The molecule has 0 aliphatic carbocycles. The first-order valence-electron chi connectivity index (χ1n) is 6.14. The highest BCUT2D eigenvalue weighted by molar-refractivity contribution is 6.04. The molecule has 0 bridgehead atoms. The molecule has 1 aromatic rings. The number of benzene rings is 1. The third-order valence-electron chi connectivity index (χ3n) is 3.67. The third kappa shape index (κ3) is 2.41. The molecule has 0 heterocycles. The van der Waals surface area contributed by atoms with Crippen LogP contribution in [0.3, 0.4) is 0 Å². The van der Waals surface area contributed by atoms with Crippen molar-refractivity contribution in [1.29, 1.82) is 0 Å². The minimum absolute atomic E-state index is 0.108. The van der Waals surface area contributed by atoms with Crippen LogP contribution >= 0.6 is 0 Å². The highest BCUT2D eigenvalue weighted by Gasteiger charge is 2.28. The molecule has 100 valence electrons. The number of methoxy groups -OCH3 is 1. The average molecular weight is 249 g/mol. The molecule has 0 spiro atoms. The van der Waals surface area contributed by atoms with Gasteiger partial charge in [0.1, 0.15) is 5.75 Å². The Morgan fingerprint density at radius 1 is 1.22 bits per heavy atom. The number of likely N-dealkylation sites (N-methyl/N-ethyl adjacent to an activating group) is 1. The number of ether oxygens (including phenoxy) is 1. The second-order valence-corrected chi connectivity index (χ2v) is 5.23. The lowest BCUT2D eigenvalue weighted by Gasteiger charge is -2.24. The van der Waals surface area contributed by atoms with E-state index in [0.29, 0.717) is 0 Å². The third-order valence-corrected chi connectivity index (χ3v) is 3.67. The summed E-state index contributed by atoms with van der Waals surface area (Å²) in [7, 11) is 3.46. The Kier molecular flexibility index (Phi) is 4.17. The van der Waals surface area contributed by atoms with E-state index in [1.165, 1.54) is 0 Å². The van der Waals surface area contributed by atoms with Crippen LogP contribution in [-0.4, -0.2) is 25.5 Å². The van der Waals surface area contributed by atoms with Crippen molar-refractivity contribution in [1.82, 2.24) is 5.32 Å². The molecule has 0 aliphatic heterocycles. The molecule has 1 rings (SSSR count). The molecule has 0 fully saturated rings. The van der Waals surface area contributed by atoms with Crippen molar-refractivity contribution in [3.63, 3.8) is 0 Å². The summed E-state index contributed by atoms with van der Waals surface area (Å²) < 4.78 is 5.38. The zero-order valence-electron chi connectivity index (χ0n) is 12.4. The van der Waals surface area contributed by atoms with Crippen molar-refractivity contribution in [2.24, 2.45) is 0 Å². The number of nitrogens with one attached hydrogen (secondary N) is 1. The number of aryl methyl sites for hydroxylation is 1. The lowest BCUT2D eigenvalue weighted by Crippen LogP contribution is -2.44. The van der Waals surface area contributed by atoms with Gasteiger partial charge in [0.15, 0.2) is 5.78 Å². The summed E-state index contributed by atoms with van der Waals surface area (Å²) in [6, 6.07) is 1.92. The molecule has 0 aromatic heterocycles. The van der Waals surface area contributed by atoms with Crippen LogP contribution in [-0.2, 0) is 0 Å². The number of hydrogen-bond donors (Lipinski definition) is 1. The Morgan fingerprint density at radius 2 is 1.78 bits per heavy atom. The molecule has 0 amide bonds. The van der Waals surface area contributed by atoms with E-state index in [1.54, 1.807) is 14.2 Å². The van der Waals surface area contributed by atoms with Crippen molar-refractivity contribution in [2.45, 2.75) is 40.2 Å². The zero-order valence-corrected chi connectivity index (χ0v) is 12.4. The van der Waals surface area contributed by atoms with Gasteiger partial charge in [-0.05, 0) is 64.4 Å². The number of hydrogen-bond acceptors (Lipinski definition) is 3. The van der Waals surface area contributed by atoms with Crippen molar-refractivity contribution < 1.29 is 9.53 Å². The van der Waals surface area contributed by atoms with Gasteiger partial charge in [-0.15, -0.1) is 0 Å². The lowest BCUT2D eigenvalue weighted by atomic mass is 9.87. The van der Waals surface area contributed by atoms with Gasteiger partial charge in [0.25, 0.3) is 0 Å². The molecule has 0 radical (unpaired) electrons. The predicted octanol–water partition coefficient (Wildman–Crippen LogP) is 2.80. The molecule has 0 aliphatic rings. The highest BCUT2D eigenvalue weighted by atomic mass is 16.5. The molecule has 0 saturated heterocycles. The van der Waals surface area contributed by atoms with Crippen LogP contribution in [0, 0.1) is 20.8 Å². The number of carbonyl (C=O) groups excluding carboxylic acids is 1. The standard InChI is InChI=1S/C15H23NO2/c1-9-8-12(14(17)15(4,5)16-6)10(2)11(3)13(9)18-7/h8,16H,1-7H3. The Hall–Kier alpha value is -1.35. The molecule has 0 atom stereocenters. The molecule has 18 heavy (non-hydrogen) atoms. The number of ketones is 1. The van der Waals surface area contributed by atoms with Gasteiger partial charge in [-0.1, -0.05) is 0 Å². The molecule has 3 nitrogen and oxygen atoms in total. The summed E-state index contributed by atoms with van der Waals surface area (Å²) in [5.41, 5.74) is 3.23. The topological polar surface area (TPSA) is 38.3 Å². The van der Waals surface area contributed by atoms with Crippen LogP contribution in [0.2, 0.25) is 0 Å². The maximum atomic E-state index is 12.5. The second-order valence-electron chi connectivity index (χ2n) is 5.23. The molecular weight excluding hydrogens is 226 g/mol. The Morgan fingerprint density at radius 3 is 2.22 bits per heavy atom. The first-order valence-corrected chi connectivity index (χ1v) is 6.14. The number of carbonyl (C=O) groups is 1. The fourth-order valence-electron chi connectivity index (χ4n) is 2.06. The van der Waals surface area contributed by atoms with E-state index >= 15 is 0 Å². The smallest absolute Gasteiger partial charge is 0.182 e. The van der Waals surface area contributed by atoms with Gasteiger partial charge in [-0.25, -0.2) is 0 Å². The second kappa shape index (κ2) is 5.11. The van der Waals surface area contributed by atoms with Gasteiger partial charge < -0.3 is 10.1 Å². The minimum Gasteiger partial charge on any atom is -0.496 e. The van der Waals surface area contributed by atoms with E-state index in [0.717, 1.165) is 28.0 Å². The van der Waals surface area contributed by atoms with Gasteiger partial charge in [0.05, 0.1) is 12.6 Å². The maximum Gasteiger partial charge on any atom is 0.182 e. The first kappa shape index (κ1) is 14.7. The van der Waals surface area contributed by atoms with Crippen molar-refractivity contribution in [2.75, 3.05) is 14.2 Å². The van der Waals surface area contributed by atoms with E-state index in [1.807, 2.05) is 40.7 Å². The summed E-state index contributed by atoms with van der Waals surface area (Å²) in [4.78, 5) is 12.5. The summed E-state index contributed by atoms with van der Waals surface area (Å²) in [6.45, 7) is 9.71. The Bertz CT molecular complexity index is 476. The van der Waals surface area contributed by atoms with Crippen LogP contribution in [0.25, 0.3) is 0 Å². The van der Waals surface area contributed by atoms with E-state index in [-0.39, 0.29) is 5.78 Å².